The highest BCUT2D eigenvalue weighted by Gasteiger charge is 2.21. The highest BCUT2D eigenvalue weighted by atomic mass is 15.0. The molecule has 1 N–H and O–H groups in total. The largest absolute Gasteiger partial charge is 0.355 e. The van der Waals surface area contributed by atoms with Gasteiger partial charge in [-0.15, -0.1) is 0 Å². The van der Waals surface area contributed by atoms with Crippen LogP contribution in [0.5, 0.6) is 0 Å². The second-order valence-corrected chi connectivity index (χ2v) is 9.64. The Hall–Kier alpha value is -4.30. The molecule has 0 fully saturated rings. The molecule has 7 rings (SSSR count). The van der Waals surface area contributed by atoms with Crippen molar-refractivity contribution in [3.8, 4) is 16.8 Å². The monoisotopic (exact) mass is 450 g/mol. The number of nitrogens with one attached hydrogen (secondary N) is 1. The third-order valence-corrected chi connectivity index (χ3v) is 7.51. The van der Waals surface area contributed by atoms with Crippen LogP contribution in [0.1, 0.15) is 36.1 Å². The van der Waals surface area contributed by atoms with E-state index in [-0.39, 0.29) is 0 Å². The van der Waals surface area contributed by atoms with Gasteiger partial charge in [0.05, 0.1) is 11.0 Å². The van der Waals surface area contributed by atoms with Crippen molar-refractivity contribution in [3.63, 3.8) is 0 Å². The SMILES string of the molecule is C=Cc1ccc(-c2cccc(-n3c4ccccc4c4cc5c6c([nH]c5cc43)C=CCC6C)c2)cc1. The molecule has 0 saturated carbocycles. The predicted octanol–water partition coefficient (Wildman–Crippen LogP) is 9.10. The second kappa shape index (κ2) is 7.61. The summed E-state index contributed by atoms with van der Waals surface area (Å²) in [7, 11) is 0. The standard InChI is InChI=1S/C33H26N2/c1-3-22-14-16-23(17-15-22)24-9-7-10-25(18-24)35-31-13-5-4-11-26(31)27-19-28-30(20-32(27)35)34-29-12-6-8-21(2)33(28)29/h3-7,9-21,34H,1,8H2,2H3. The average Bonchev–Trinajstić information content (AvgIpc) is 3.43. The van der Waals surface area contributed by atoms with Gasteiger partial charge in [-0.1, -0.05) is 80.3 Å². The van der Waals surface area contributed by atoms with Crippen LogP contribution < -0.4 is 0 Å². The van der Waals surface area contributed by atoms with Crippen LogP contribution in [0.25, 0.3) is 61.7 Å². The zero-order chi connectivity index (χ0) is 23.5. The first-order valence-corrected chi connectivity index (χ1v) is 12.3. The van der Waals surface area contributed by atoms with Gasteiger partial charge >= 0.3 is 0 Å². The number of aromatic amines is 1. The molecule has 0 spiro atoms. The van der Waals surface area contributed by atoms with Crippen LogP contribution in [-0.4, -0.2) is 9.55 Å². The molecule has 0 aliphatic heterocycles. The van der Waals surface area contributed by atoms with Crippen LogP contribution in [0.3, 0.4) is 0 Å². The van der Waals surface area contributed by atoms with Crippen molar-refractivity contribution in [1.29, 1.82) is 0 Å². The summed E-state index contributed by atoms with van der Waals surface area (Å²) < 4.78 is 2.41. The molecule has 0 saturated heterocycles. The summed E-state index contributed by atoms with van der Waals surface area (Å²) in [6, 6.07) is 30.9. The molecule has 2 heterocycles. The molecule has 4 aromatic carbocycles. The molecular weight excluding hydrogens is 424 g/mol. The van der Waals surface area contributed by atoms with Gasteiger partial charge in [0, 0.05) is 33.1 Å². The topological polar surface area (TPSA) is 20.7 Å². The van der Waals surface area contributed by atoms with Gasteiger partial charge in [-0.2, -0.15) is 0 Å². The quantitative estimate of drug-likeness (QED) is 0.277. The second-order valence-electron chi connectivity index (χ2n) is 9.64. The fourth-order valence-corrected chi connectivity index (χ4v) is 5.78. The molecular formula is C33H26N2. The maximum Gasteiger partial charge on any atom is 0.0562 e. The number of benzene rings is 4. The maximum absolute atomic E-state index is 3.88. The first-order valence-electron chi connectivity index (χ1n) is 12.3. The zero-order valence-corrected chi connectivity index (χ0v) is 19.8. The molecule has 1 aliphatic carbocycles. The smallest absolute Gasteiger partial charge is 0.0562 e. The average molecular weight is 451 g/mol. The van der Waals surface area contributed by atoms with E-state index in [2.05, 4.69) is 120 Å². The van der Waals surface area contributed by atoms with Crippen LogP contribution in [0.4, 0.5) is 0 Å². The van der Waals surface area contributed by atoms with Crippen LogP contribution >= 0.6 is 0 Å². The van der Waals surface area contributed by atoms with E-state index in [1.165, 1.54) is 60.8 Å². The maximum atomic E-state index is 3.88. The third-order valence-electron chi connectivity index (χ3n) is 7.51. The molecule has 1 aliphatic rings. The van der Waals surface area contributed by atoms with E-state index >= 15 is 0 Å². The lowest BCUT2D eigenvalue weighted by Gasteiger charge is -2.14. The van der Waals surface area contributed by atoms with Crippen LogP contribution in [0, 0.1) is 0 Å². The summed E-state index contributed by atoms with van der Waals surface area (Å²) in [5.74, 6) is 0.527. The number of hydrogen-bond acceptors (Lipinski definition) is 0. The molecule has 6 aromatic rings. The Kier molecular flexibility index (Phi) is 4.37. The molecule has 1 atom stereocenters. The lowest BCUT2D eigenvalue weighted by molar-refractivity contribution is 0.778. The van der Waals surface area contributed by atoms with Gasteiger partial charge in [0.15, 0.2) is 0 Å². The molecule has 2 heteroatoms. The number of nitrogens with zero attached hydrogens (tertiary/aromatic N) is 1. The first kappa shape index (κ1) is 20.1. The lowest BCUT2D eigenvalue weighted by atomic mass is 9.90. The van der Waals surface area contributed by atoms with Crippen molar-refractivity contribution in [1.82, 2.24) is 9.55 Å². The van der Waals surface area contributed by atoms with Gasteiger partial charge in [-0.25, -0.2) is 0 Å². The third kappa shape index (κ3) is 3.03. The fourth-order valence-electron chi connectivity index (χ4n) is 5.78. The summed E-state index contributed by atoms with van der Waals surface area (Å²) in [6.07, 6.45) is 7.51. The minimum atomic E-state index is 0.527. The number of aromatic nitrogens is 2. The normalized spacial score (nSPS) is 15.2. The molecule has 2 nitrogen and oxygen atoms in total. The predicted molar refractivity (Wildman–Crippen MR) is 150 cm³/mol. The summed E-state index contributed by atoms with van der Waals surface area (Å²) in [5.41, 5.74) is 11.1. The highest BCUT2D eigenvalue weighted by Crippen LogP contribution is 2.40. The number of hydrogen-bond donors (Lipinski definition) is 1. The minimum Gasteiger partial charge on any atom is -0.355 e. The molecule has 168 valence electrons. The summed E-state index contributed by atoms with van der Waals surface area (Å²) in [4.78, 5) is 3.70. The molecule has 0 bridgehead atoms. The summed E-state index contributed by atoms with van der Waals surface area (Å²) in [5, 5.41) is 3.94. The Morgan fingerprint density at radius 1 is 0.829 bits per heavy atom. The van der Waals surface area contributed by atoms with Crippen molar-refractivity contribution in [2.45, 2.75) is 19.3 Å². The van der Waals surface area contributed by atoms with E-state index in [9.17, 15) is 0 Å². The zero-order valence-electron chi connectivity index (χ0n) is 19.8. The van der Waals surface area contributed by atoms with E-state index in [1.807, 2.05) is 6.08 Å². The molecule has 1 unspecified atom stereocenters. The van der Waals surface area contributed by atoms with Gasteiger partial charge in [0.2, 0.25) is 0 Å². The van der Waals surface area contributed by atoms with Crippen molar-refractivity contribution >= 4 is 44.9 Å². The van der Waals surface area contributed by atoms with E-state index in [1.54, 1.807) is 0 Å². The number of rotatable bonds is 3. The van der Waals surface area contributed by atoms with Crippen molar-refractivity contribution < 1.29 is 0 Å². The van der Waals surface area contributed by atoms with E-state index < -0.39 is 0 Å². The highest BCUT2D eigenvalue weighted by molar-refractivity contribution is 6.14. The fraction of sp³-hybridized carbons (Fsp3) is 0.0909. The van der Waals surface area contributed by atoms with Crippen LogP contribution in [-0.2, 0) is 0 Å². The van der Waals surface area contributed by atoms with E-state index in [4.69, 9.17) is 0 Å². The molecule has 35 heavy (non-hydrogen) atoms. The number of H-pyrrole nitrogens is 1. The molecule has 0 radical (unpaired) electrons. The van der Waals surface area contributed by atoms with Gasteiger partial charge in [0.1, 0.15) is 0 Å². The van der Waals surface area contributed by atoms with Gasteiger partial charge in [-0.3, -0.25) is 0 Å². The molecule has 2 aromatic heterocycles. The Morgan fingerprint density at radius 2 is 1.69 bits per heavy atom. The number of fused-ring (bicyclic) bond motifs is 6. The van der Waals surface area contributed by atoms with Crippen molar-refractivity contribution in [3.05, 3.63) is 114 Å². The van der Waals surface area contributed by atoms with E-state index in [0.29, 0.717) is 5.92 Å². The summed E-state index contributed by atoms with van der Waals surface area (Å²) >= 11 is 0. The molecule has 0 amide bonds. The van der Waals surface area contributed by atoms with Crippen LogP contribution in [0.15, 0.2) is 97.6 Å². The van der Waals surface area contributed by atoms with E-state index in [0.717, 1.165) is 12.0 Å². The Morgan fingerprint density at radius 3 is 2.54 bits per heavy atom. The Labute approximate surface area is 204 Å². The van der Waals surface area contributed by atoms with Crippen molar-refractivity contribution in [2.24, 2.45) is 0 Å². The Bertz CT molecular complexity index is 1790. The minimum absolute atomic E-state index is 0.527. The number of allylic oxidation sites excluding steroid dienone is 1. The van der Waals surface area contributed by atoms with Crippen LogP contribution in [0.2, 0.25) is 0 Å². The summed E-state index contributed by atoms with van der Waals surface area (Å²) in [6.45, 7) is 6.21. The number of para-hydroxylation sites is 1. The van der Waals surface area contributed by atoms with Gasteiger partial charge in [0.25, 0.3) is 0 Å². The van der Waals surface area contributed by atoms with Gasteiger partial charge < -0.3 is 9.55 Å². The van der Waals surface area contributed by atoms with Crippen molar-refractivity contribution in [2.75, 3.05) is 0 Å². The first-order chi connectivity index (χ1) is 17.2. The van der Waals surface area contributed by atoms with Gasteiger partial charge in [-0.05, 0) is 71.0 Å². The lowest BCUT2D eigenvalue weighted by Crippen LogP contribution is -1.97. The Balaban J connectivity index is 1.49.